The molecule has 1 aliphatic rings. The average Bonchev–Trinajstić information content (AvgIpc) is 3.15. The fraction of sp³-hybridized carbons (Fsp3) is 0.333. The van der Waals surface area contributed by atoms with Crippen molar-refractivity contribution in [3.63, 3.8) is 0 Å². The predicted molar refractivity (Wildman–Crippen MR) is 115 cm³/mol. The molecule has 2 heterocycles. The zero-order valence-electron chi connectivity index (χ0n) is 15.7. The van der Waals surface area contributed by atoms with Crippen molar-refractivity contribution < 1.29 is 9.18 Å². The Labute approximate surface area is 172 Å². The lowest BCUT2D eigenvalue weighted by Crippen LogP contribution is -2.48. The number of carbonyl (C=O) groups is 1. The van der Waals surface area contributed by atoms with Crippen LogP contribution in [0.2, 0.25) is 0 Å². The van der Waals surface area contributed by atoms with Crippen LogP contribution in [0.3, 0.4) is 0 Å². The Hall–Kier alpha value is -2.12. The van der Waals surface area contributed by atoms with E-state index in [9.17, 15) is 9.18 Å². The van der Waals surface area contributed by atoms with E-state index in [2.05, 4.69) is 41.1 Å². The minimum Gasteiger partial charge on any atom is -0.345 e. The third kappa shape index (κ3) is 4.31. The molecule has 4 rings (SSSR count). The number of halogens is 1. The van der Waals surface area contributed by atoms with E-state index in [4.69, 9.17) is 0 Å². The highest BCUT2D eigenvalue weighted by Crippen LogP contribution is 2.30. The summed E-state index contributed by atoms with van der Waals surface area (Å²) in [5.74, 6) is 0.716. The molecule has 4 nitrogen and oxygen atoms in total. The summed E-state index contributed by atoms with van der Waals surface area (Å²) in [6.45, 7) is 4.91. The summed E-state index contributed by atoms with van der Waals surface area (Å²) in [5, 5.41) is 0.835. The Morgan fingerprint density at radius 2 is 1.89 bits per heavy atom. The average molecular weight is 416 g/mol. The largest absolute Gasteiger partial charge is 0.345 e. The number of hydrogen-bond acceptors (Lipinski definition) is 5. The number of fused-ring (bicyclic) bond motifs is 1. The number of piperazine rings is 1. The summed E-state index contributed by atoms with van der Waals surface area (Å²) in [7, 11) is 0. The van der Waals surface area contributed by atoms with Crippen molar-refractivity contribution in [1.29, 1.82) is 0 Å². The summed E-state index contributed by atoms with van der Waals surface area (Å²) in [6, 6.07) is 13.4. The van der Waals surface area contributed by atoms with Gasteiger partial charge in [-0.2, -0.15) is 0 Å². The Morgan fingerprint density at radius 1 is 1.14 bits per heavy atom. The van der Waals surface area contributed by atoms with Crippen LogP contribution in [-0.2, 0) is 4.79 Å². The second kappa shape index (κ2) is 8.49. The molecule has 1 amide bonds. The Bertz CT molecular complexity index is 965. The number of thioether (sulfide) groups is 1. The molecule has 146 valence electrons. The lowest BCUT2D eigenvalue weighted by Gasteiger charge is -2.34. The predicted octanol–water partition coefficient (Wildman–Crippen LogP) is 4.57. The molecule has 2 aromatic carbocycles. The van der Waals surface area contributed by atoms with Crippen LogP contribution in [-0.4, -0.2) is 47.7 Å². The van der Waals surface area contributed by atoms with Crippen LogP contribution >= 0.6 is 23.1 Å². The van der Waals surface area contributed by atoms with Gasteiger partial charge in [-0.1, -0.05) is 35.1 Å². The standard InChI is InChI=1S/C21H22FN3OS2/c1-15-5-7-16(8-6-15)27-14-9-19(26)24-10-12-25(13-11-24)21-23-20-17(22)3-2-4-18(20)28-21/h2-8H,9-14H2,1H3. The highest BCUT2D eigenvalue weighted by atomic mass is 32.2. The number of para-hydroxylation sites is 1. The van der Waals surface area contributed by atoms with Gasteiger partial charge in [0.1, 0.15) is 11.3 Å². The molecule has 0 radical (unpaired) electrons. The molecule has 1 saturated heterocycles. The highest BCUT2D eigenvalue weighted by Gasteiger charge is 2.23. The van der Waals surface area contributed by atoms with E-state index in [-0.39, 0.29) is 11.7 Å². The van der Waals surface area contributed by atoms with Gasteiger partial charge in [-0.3, -0.25) is 4.79 Å². The molecule has 0 N–H and O–H groups in total. The van der Waals surface area contributed by atoms with Crippen molar-refractivity contribution in [1.82, 2.24) is 9.88 Å². The molecule has 1 fully saturated rings. The number of aromatic nitrogens is 1. The van der Waals surface area contributed by atoms with Crippen LogP contribution in [0.15, 0.2) is 47.4 Å². The van der Waals surface area contributed by atoms with E-state index in [1.165, 1.54) is 27.9 Å². The molecule has 7 heteroatoms. The third-order valence-electron chi connectivity index (χ3n) is 4.87. The Balaban J connectivity index is 1.27. The molecule has 0 spiro atoms. The van der Waals surface area contributed by atoms with Gasteiger partial charge in [0.15, 0.2) is 5.13 Å². The van der Waals surface area contributed by atoms with Crippen LogP contribution in [0, 0.1) is 12.7 Å². The second-order valence-electron chi connectivity index (χ2n) is 6.86. The van der Waals surface area contributed by atoms with Crippen molar-refractivity contribution in [2.45, 2.75) is 18.2 Å². The lowest BCUT2D eigenvalue weighted by atomic mass is 10.2. The molecule has 3 aromatic rings. The SMILES string of the molecule is Cc1ccc(SCCC(=O)N2CCN(c3nc4c(F)cccc4s3)CC2)cc1. The number of thiazole rings is 1. The number of benzene rings is 2. The van der Waals surface area contributed by atoms with Gasteiger partial charge in [-0.25, -0.2) is 9.37 Å². The van der Waals surface area contributed by atoms with Crippen molar-refractivity contribution in [2.75, 3.05) is 36.8 Å². The zero-order valence-corrected chi connectivity index (χ0v) is 17.4. The molecule has 0 saturated carbocycles. The van der Waals surface area contributed by atoms with Crippen molar-refractivity contribution in [2.24, 2.45) is 0 Å². The van der Waals surface area contributed by atoms with Crippen molar-refractivity contribution >= 4 is 44.4 Å². The number of rotatable bonds is 5. The smallest absolute Gasteiger partial charge is 0.223 e. The van der Waals surface area contributed by atoms with Gasteiger partial charge in [-0.15, -0.1) is 11.8 Å². The van der Waals surface area contributed by atoms with E-state index < -0.39 is 0 Å². The van der Waals surface area contributed by atoms with Gasteiger partial charge in [0.05, 0.1) is 4.70 Å². The monoisotopic (exact) mass is 415 g/mol. The first-order valence-corrected chi connectivity index (χ1v) is 11.2. The zero-order chi connectivity index (χ0) is 19.5. The highest BCUT2D eigenvalue weighted by molar-refractivity contribution is 7.99. The van der Waals surface area contributed by atoms with Gasteiger partial charge < -0.3 is 9.80 Å². The number of nitrogens with zero attached hydrogens (tertiary/aromatic N) is 3. The first-order valence-electron chi connectivity index (χ1n) is 9.37. The van der Waals surface area contributed by atoms with Crippen molar-refractivity contribution in [3.05, 3.63) is 53.8 Å². The van der Waals surface area contributed by atoms with Crippen LogP contribution in [0.25, 0.3) is 10.2 Å². The van der Waals surface area contributed by atoms with E-state index in [0.717, 1.165) is 28.7 Å². The molecule has 0 unspecified atom stereocenters. The van der Waals surface area contributed by atoms with Crippen LogP contribution in [0.5, 0.6) is 0 Å². The van der Waals surface area contributed by atoms with Crippen LogP contribution < -0.4 is 4.90 Å². The second-order valence-corrected chi connectivity index (χ2v) is 9.04. The van der Waals surface area contributed by atoms with E-state index >= 15 is 0 Å². The van der Waals surface area contributed by atoms with Crippen LogP contribution in [0.1, 0.15) is 12.0 Å². The maximum absolute atomic E-state index is 13.9. The maximum atomic E-state index is 13.9. The van der Waals surface area contributed by atoms with Crippen LogP contribution in [0.4, 0.5) is 9.52 Å². The summed E-state index contributed by atoms with van der Waals surface area (Å²) in [4.78, 5) is 22.2. The first kappa shape index (κ1) is 19.2. The van der Waals surface area contributed by atoms with Gasteiger partial charge >= 0.3 is 0 Å². The summed E-state index contributed by atoms with van der Waals surface area (Å²) < 4.78 is 14.7. The van der Waals surface area contributed by atoms with Crippen molar-refractivity contribution in [3.8, 4) is 0 Å². The van der Waals surface area contributed by atoms with Gasteiger partial charge in [0.2, 0.25) is 5.91 Å². The molecule has 1 aromatic heterocycles. The fourth-order valence-electron chi connectivity index (χ4n) is 3.23. The summed E-state index contributed by atoms with van der Waals surface area (Å²) >= 11 is 3.23. The lowest BCUT2D eigenvalue weighted by molar-refractivity contribution is -0.131. The molecule has 0 bridgehead atoms. The Morgan fingerprint density at radius 3 is 2.61 bits per heavy atom. The molecule has 28 heavy (non-hydrogen) atoms. The van der Waals surface area contributed by atoms with Gasteiger partial charge in [0.25, 0.3) is 0 Å². The normalized spacial score (nSPS) is 14.6. The van der Waals surface area contributed by atoms with E-state index in [1.54, 1.807) is 17.8 Å². The van der Waals surface area contributed by atoms with Gasteiger partial charge in [0, 0.05) is 43.2 Å². The minimum atomic E-state index is -0.278. The number of amides is 1. The fourth-order valence-corrected chi connectivity index (χ4v) is 5.11. The van der Waals surface area contributed by atoms with Gasteiger partial charge in [-0.05, 0) is 31.2 Å². The number of aryl methyl sites for hydroxylation is 1. The topological polar surface area (TPSA) is 36.4 Å². The quantitative estimate of drug-likeness (QED) is 0.572. The molecular formula is C21H22FN3OS2. The summed E-state index contributed by atoms with van der Waals surface area (Å²) in [6.07, 6.45) is 0.547. The Kier molecular flexibility index (Phi) is 5.82. The van der Waals surface area contributed by atoms with E-state index in [1.807, 2.05) is 11.0 Å². The number of hydrogen-bond donors (Lipinski definition) is 0. The number of carbonyl (C=O) groups excluding carboxylic acids is 1. The molecule has 0 atom stereocenters. The third-order valence-corrected chi connectivity index (χ3v) is 6.96. The number of anilines is 1. The molecule has 0 aliphatic carbocycles. The minimum absolute atomic E-state index is 0.203. The molecular weight excluding hydrogens is 393 g/mol. The molecule has 1 aliphatic heterocycles. The first-order chi connectivity index (χ1) is 13.6. The maximum Gasteiger partial charge on any atom is 0.223 e. The summed E-state index contributed by atoms with van der Waals surface area (Å²) in [5.41, 5.74) is 1.68. The van der Waals surface area contributed by atoms with E-state index in [0.29, 0.717) is 25.0 Å².